The number of anilines is 1. The Labute approximate surface area is 160 Å². The molecule has 2 N–H and O–H groups in total. The van der Waals surface area contributed by atoms with Crippen LogP contribution in [0.25, 0.3) is 0 Å². The van der Waals surface area contributed by atoms with Crippen molar-refractivity contribution < 1.29 is 14.3 Å². The Balaban J connectivity index is 1.64. The number of hydrogen-bond acceptors (Lipinski definition) is 4. The lowest BCUT2D eigenvalue weighted by atomic mass is 10.3. The number of urea groups is 1. The maximum atomic E-state index is 12.2. The van der Waals surface area contributed by atoms with Gasteiger partial charge in [-0.25, -0.2) is 4.79 Å². The summed E-state index contributed by atoms with van der Waals surface area (Å²) in [5.74, 6) is 0.639. The molecule has 1 aliphatic rings. The van der Waals surface area contributed by atoms with Crippen molar-refractivity contribution in [2.45, 2.75) is 9.79 Å². The number of methoxy groups -OCH3 is 1. The molecule has 2 aromatic carbocycles. The highest BCUT2D eigenvalue weighted by molar-refractivity contribution is 7.99. The SMILES string of the molecule is COc1ccc(Sc2ccc(NC(=O)N3CCNC(=O)C3)cc2Cl)cc1. The number of ether oxygens (including phenoxy) is 1. The van der Waals surface area contributed by atoms with Crippen molar-refractivity contribution in [3.05, 3.63) is 47.5 Å². The monoisotopic (exact) mass is 391 g/mol. The van der Waals surface area contributed by atoms with Crippen molar-refractivity contribution in [2.75, 3.05) is 32.1 Å². The van der Waals surface area contributed by atoms with E-state index in [9.17, 15) is 9.59 Å². The maximum Gasteiger partial charge on any atom is 0.322 e. The third-order valence-electron chi connectivity index (χ3n) is 3.80. The zero-order valence-corrected chi connectivity index (χ0v) is 15.7. The topological polar surface area (TPSA) is 70.7 Å². The predicted octanol–water partition coefficient (Wildman–Crippen LogP) is 3.46. The number of amides is 3. The molecule has 0 atom stereocenters. The lowest BCUT2D eigenvalue weighted by Gasteiger charge is -2.26. The van der Waals surface area contributed by atoms with Crippen LogP contribution in [0.15, 0.2) is 52.3 Å². The Bertz CT molecular complexity index is 814. The summed E-state index contributed by atoms with van der Waals surface area (Å²) in [5.41, 5.74) is 0.588. The highest BCUT2D eigenvalue weighted by Gasteiger charge is 2.21. The summed E-state index contributed by atoms with van der Waals surface area (Å²) in [6.07, 6.45) is 0. The average molecular weight is 392 g/mol. The lowest BCUT2D eigenvalue weighted by Crippen LogP contribution is -2.51. The van der Waals surface area contributed by atoms with Crippen LogP contribution >= 0.6 is 23.4 Å². The second-order valence-electron chi connectivity index (χ2n) is 5.62. The molecule has 1 fully saturated rings. The summed E-state index contributed by atoms with van der Waals surface area (Å²) in [6, 6.07) is 12.7. The number of piperazine rings is 1. The van der Waals surface area contributed by atoms with E-state index < -0.39 is 0 Å². The molecule has 3 amide bonds. The molecule has 0 saturated carbocycles. The molecule has 0 spiro atoms. The summed E-state index contributed by atoms with van der Waals surface area (Å²) in [6.45, 7) is 1.01. The Hall–Kier alpha value is -2.38. The third kappa shape index (κ3) is 4.62. The van der Waals surface area contributed by atoms with E-state index in [-0.39, 0.29) is 18.5 Å². The zero-order chi connectivity index (χ0) is 18.5. The largest absolute Gasteiger partial charge is 0.497 e. The van der Waals surface area contributed by atoms with Gasteiger partial charge in [0.1, 0.15) is 12.3 Å². The van der Waals surface area contributed by atoms with Gasteiger partial charge >= 0.3 is 6.03 Å². The van der Waals surface area contributed by atoms with Crippen molar-refractivity contribution in [1.82, 2.24) is 10.2 Å². The van der Waals surface area contributed by atoms with Gasteiger partial charge in [0.2, 0.25) is 5.91 Å². The van der Waals surface area contributed by atoms with Crippen molar-refractivity contribution in [3.8, 4) is 5.75 Å². The van der Waals surface area contributed by atoms with Gasteiger partial charge < -0.3 is 20.3 Å². The molecule has 136 valence electrons. The first-order valence-electron chi connectivity index (χ1n) is 7.99. The summed E-state index contributed by atoms with van der Waals surface area (Å²) in [4.78, 5) is 27.0. The van der Waals surface area contributed by atoms with Crippen LogP contribution in [0, 0.1) is 0 Å². The van der Waals surface area contributed by atoms with E-state index in [4.69, 9.17) is 16.3 Å². The first-order valence-corrected chi connectivity index (χ1v) is 9.18. The molecule has 0 radical (unpaired) electrons. The number of hydrogen-bond donors (Lipinski definition) is 2. The second-order valence-corrected chi connectivity index (χ2v) is 7.15. The minimum absolute atomic E-state index is 0.0605. The molecular weight excluding hydrogens is 374 g/mol. The molecule has 0 aliphatic carbocycles. The quantitative estimate of drug-likeness (QED) is 0.837. The molecule has 2 aromatic rings. The van der Waals surface area contributed by atoms with Crippen LogP contribution in [0.5, 0.6) is 5.75 Å². The number of halogens is 1. The molecule has 1 saturated heterocycles. The van der Waals surface area contributed by atoms with Gasteiger partial charge in [-0.1, -0.05) is 23.4 Å². The first kappa shape index (κ1) is 18.4. The molecule has 0 bridgehead atoms. The Morgan fingerprint density at radius 3 is 2.69 bits per heavy atom. The van der Waals surface area contributed by atoms with Crippen LogP contribution in [0.3, 0.4) is 0 Å². The van der Waals surface area contributed by atoms with Gasteiger partial charge in [0.15, 0.2) is 0 Å². The fourth-order valence-electron chi connectivity index (χ4n) is 2.45. The molecule has 8 heteroatoms. The van der Waals surface area contributed by atoms with Crippen molar-refractivity contribution in [3.63, 3.8) is 0 Å². The van der Waals surface area contributed by atoms with E-state index in [1.807, 2.05) is 30.3 Å². The summed E-state index contributed by atoms with van der Waals surface area (Å²) < 4.78 is 5.15. The minimum Gasteiger partial charge on any atom is -0.497 e. The van der Waals surface area contributed by atoms with Crippen LogP contribution < -0.4 is 15.4 Å². The van der Waals surface area contributed by atoms with E-state index in [0.717, 1.165) is 15.5 Å². The van der Waals surface area contributed by atoms with Gasteiger partial charge in [0.25, 0.3) is 0 Å². The molecule has 1 aliphatic heterocycles. The van der Waals surface area contributed by atoms with E-state index in [0.29, 0.717) is 23.8 Å². The van der Waals surface area contributed by atoms with E-state index in [2.05, 4.69) is 10.6 Å². The molecule has 6 nitrogen and oxygen atoms in total. The van der Waals surface area contributed by atoms with E-state index >= 15 is 0 Å². The lowest BCUT2D eigenvalue weighted by molar-refractivity contribution is -0.123. The van der Waals surface area contributed by atoms with Crippen LogP contribution in [0.4, 0.5) is 10.5 Å². The van der Waals surface area contributed by atoms with Gasteiger partial charge in [-0.15, -0.1) is 0 Å². The van der Waals surface area contributed by atoms with Crippen LogP contribution in [0.1, 0.15) is 0 Å². The first-order chi connectivity index (χ1) is 12.5. The standard InChI is InChI=1S/C18H18ClN3O3S/c1-25-13-3-5-14(6-4-13)26-16-7-2-12(10-15(16)19)21-18(24)22-9-8-20-17(23)11-22/h2-7,10H,8-9,11H2,1H3,(H,20,23)(H,21,24). The van der Waals surface area contributed by atoms with Crippen LogP contribution in [-0.2, 0) is 4.79 Å². The van der Waals surface area contributed by atoms with Crippen molar-refractivity contribution >= 4 is 41.0 Å². The highest BCUT2D eigenvalue weighted by Crippen LogP contribution is 2.35. The Morgan fingerprint density at radius 1 is 1.27 bits per heavy atom. The van der Waals surface area contributed by atoms with Gasteiger partial charge in [-0.2, -0.15) is 0 Å². The average Bonchev–Trinajstić information content (AvgIpc) is 2.64. The fraction of sp³-hybridized carbons (Fsp3) is 0.222. The number of nitrogens with one attached hydrogen (secondary N) is 2. The highest BCUT2D eigenvalue weighted by atomic mass is 35.5. The summed E-state index contributed by atoms with van der Waals surface area (Å²) in [5, 5.41) is 6.00. The molecular formula is C18H18ClN3O3S. The molecule has 3 rings (SSSR count). The zero-order valence-electron chi connectivity index (χ0n) is 14.1. The maximum absolute atomic E-state index is 12.2. The number of carbonyl (C=O) groups excluding carboxylic acids is 2. The minimum atomic E-state index is -0.313. The normalized spacial score (nSPS) is 13.9. The number of nitrogens with zero attached hydrogens (tertiary/aromatic N) is 1. The Kier molecular flexibility index (Phi) is 5.90. The van der Waals surface area contributed by atoms with E-state index in [1.54, 1.807) is 19.2 Å². The number of carbonyl (C=O) groups is 2. The third-order valence-corrected chi connectivity index (χ3v) is 5.30. The fourth-order valence-corrected chi connectivity index (χ4v) is 3.56. The number of rotatable bonds is 4. The van der Waals surface area contributed by atoms with Crippen LogP contribution in [0.2, 0.25) is 5.02 Å². The van der Waals surface area contributed by atoms with Gasteiger partial charge in [-0.3, -0.25) is 4.79 Å². The summed E-state index contributed by atoms with van der Waals surface area (Å²) >= 11 is 7.88. The van der Waals surface area contributed by atoms with Gasteiger partial charge in [0, 0.05) is 28.6 Å². The van der Waals surface area contributed by atoms with E-state index in [1.165, 1.54) is 16.7 Å². The predicted molar refractivity (Wildman–Crippen MR) is 102 cm³/mol. The summed E-state index contributed by atoms with van der Waals surface area (Å²) in [7, 11) is 1.63. The number of benzene rings is 2. The molecule has 26 heavy (non-hydrogen) atoms. The van der Waals surface area contributed by atoms with Crippen molar-refractivity contribution in [2.24, 2.45) is 0 Å². The van der Waals surface area contributed by atoms with Crippen molar-refractivity contribution in [1.29, 1.82) is 0 Å². The van der Waals surface area contributed by atoms with Crippen LogP contribution in [-0.4, -0.2) is 43.6 Å². The molecule has 0 aromatic heterocycles. The Morgan fingerprint density at radius 2 is 2.04 bits per heavy atom. The van der Waals surface area contributed by atoms with Gasteiger partial charge in [0.05, 0.1) is 12.1 Å². The smallest absolute Gasteiger partial charge is 0.322 e. The second kappa shape index (κ2) is 8.33. The van der Waals surface area contributed by atoms with Gasteiger partial charge in [-0.05, 0) is 42.5 Å². The molecule has 0 unspecified atom stereocenters. The molecule has 1 heterocycles.